The van der Waals surface area contributed by atoms with Crippen molar-refractivity contribution in [1.29, 1.82) is 0 Å². The van der Waals surface area contributed by atoms with Gasteiger partial charge in [0.25, 0.3) is 0 Å². The van der Waals surface area contributed by atoms with Crippen LogP contribution in [0.5, 0.6) is 5.75 Å². The molecule has 0 aliphatic rings. The number of rotatable bonds is 5. The normalized spacial score (nSPS) is 13.4. The summed E-state index contributed by atoms with van der Waals surface area (Å²) >= 11 is 11.7. The van der Waals surface area contributed by atoms with E-state index >= 15 is 0 Å². The maximum absolute atomic E-state index is 9.76. The largest absolute Gasteiger partial charge is 0.489 e. The van der Waals surface area contributed by atoms with Crippen molar-refractivity contribution in [2.45, 2.75) is 32.4 Å². The second-order valence-corrected chi connectivity index (χ2v) is 6.01. The minimum absolute atomic E-state index is 0.0289. The number of benzene rings is 1. The fourth-order valence-corrected chi connectivity index (χ4v) is 1.72. The number of hydrogen-bond donors (Lipinski definition) is 2. The third-order valence-corrected chi connectivity index (χ3v) is 2.72. The highest BCUT2D eigenvalue weighted by Crippen LogP contribution is 2.27. The van der Waals surface area contributed by atoms with E-state index in [4.69, 9.17) is 27.9 Å². The minimum atomic E-state index is -0.587. The standard InChI is InChI=1S/C13H19Cl2NO2/c1-13(2,3)16-7-10(17)8-18-12-5-4-9(14)6-11(12)15/h4-6,10,16-17H,7-8H2,1-3H3/t10-/m1/s1. The van der Waals surface area contributed by atoms with E-state index in [2.05, 4.69) is 5.32 Å². The summed E-state index contributed by atoms with van der Waals surface area (Å²) in [5.41, 5.74) is -0.0289. The molecule has 0 spiro atoms. The third kappa shape index (κ3) is 5.91. The quantitative estimate of drug-likeness (QED) is 0.876. The molecule has 0 amide bonds. The van der Waals surface area contributed by atoms with Crippen molar-refractivity contribution in [2.24, 2.45) is 0 Å². The van der Waals surface area contributed by atoms with E-state index in [1.54, 1.807) is 18.2 Å². The lowest BCUT2D eigenvalue weighted by atomic mass is 10.1. The van der Waals surface area contributed by atoms with E-state index in [0.29, 0.717) is 22.3 Å². The van der Waals surface area contributed by atoms with Crippen molar-refractivity contribution < 1.29 is 9.84 Å². The highest BCUT2D eigenvalue weighted by Gasteiger charge is 2.13. The molecule has 0 bridgehead atoms. The van der Waals surface area contributed by atoms with Gasteiger partial charge >= 0.3 is 0 Å². The van der Waals surface area contributed by atoms with Crippen molar-refractivity contribution >= 4 is 23.2 Å². The van der Waals surface area contributed by atoms with E-state index in [-0.39, 0.29) is 12.1 Å². The van der Waals surface area contributed by atoms with Crippen molar-refractivity contribution in [3.05, 3.63) is 28.2 Å². The highest BCUT2D eigenvalue weighted by molar-refractivity contribution is 6.35. The van der Waals surface area contributed by atoms with E-state index in [9.17, 15) is 5.11 Å². The number of ether oxygens (including phenoxy) is 1. The molecule has 2 N–H and O–H groups in total. The van der Waals surface area contributed by atoms with Gasteiger partial charge in [-0.15, -0.1) is 0 Å². The van der Waals surface area contributed by atoms with Crippen molar-refractivity contribution in [1.82, 2.24) is 5.32 Å². The van der Waals surface area contributed by atoms with Crippen LogP contribution in [-0.2, 0) is 0 Å². The maximum atomic E-state index is 9.76. The highest BCUT2D eigenvalue weighted by atomic mass is 35.5. The summed E-state index contributed by atoms with van der Waals surface area (Å²) in [6, 6.07) is 5.00. The number of aliphatic hydroxyl groups is 1. The Hall–Kier alpha value is -0.480. The predicted octanol–water partition coefficient (Wildman–Crippen LogP) is 3.12. The molecule has 0 saturated carbocycles. The third-order valence-electron chi connectivity index (χ3n) is 2.19. The molecule has 18 heavy (non-hydrogen) atoms. The first-order valence-electron chi connectivity index (χ1n) is 5.79. The Kier molecular flexibility index (Phi) is 5.73. The van der Waals surface area contributed by atoms with Gasteiger partial charge in [-0.1, -0.05) is 23.2 Å². The summed E-state index contributed by atoms with van der Waals surface area (Å²) in [5, 5.41) is 14.0. The van der Waals surface area contributed by atoms with Crippen LogP contribution in [0, 0.1) is 0 Å². The fraction of sp³-hybridized carbons (Fsp3) is 0.538. The number of aliphatic hydroxyl groups excluding tert-OH is 1. The van der Waals surface area contributed by atoms with Crippen LogP contribution in [-0.4, -0.2) is 29.9 Å². The SMILES string of the molecule is CC(C)(C)NC[C@@H](O)COc1ccc(Cl)cc1Cl. The molecule has 0 saturated heterocycles. The molecular formula is C13H19Cl2NO2. The monoisotopic (exact) mass is 291 g/mol. The van der Waals surface area contributed by atoms with Gasteiger partial charge in [0.15, 0.2) is 0 Å². The number of nitrogens with one attached hydrogen (secondary N) is 1. The summed E-state index contributed by atoms with van der Waals surface area (Å²) < 4.78 is 5.44. The molecule has 5 heteroatoms. The average molecular weight is 292 g/mol. The molecule has 0 unspecified atom stereocenters. The minimum Gasteiger partial charge on any atom is -0.489 e. The Morgan fingerprint density at radius 3 is 2.56 bits per heavy atom. The molecule has 3 nitrogen and oxygen atoms in total. The van der Waals surface area contributed by atoms with Gasteiger partial charge in [-0.2, -0.15) is 0 Å². The lowest BCUT2D eigenvalue weighted by molar-refractivity contribution is 0.100. The van der Waals surface area contributed by atoms with Crippen molar-refractivity contribution in [2.75, 3.05) is 13.2 Å². The zero-order valence-corrected chi connectivity index (χ0v) is 12.3. The zero-order chi connectivity index (χ0) is 13.8. The van der Waals surface area contributed by atoms with E-state index < -0.39 is 6.10 Å². The van der Waals surface area contributed by atoms with Gasteiger partial charge in [0.1, 0.15) is 18.5 Å². The Labute approximate surface area is 118 Å². The summed E-state index contributed by atoms with van der Waals surface area (Å²) in [6.07, 6.45) is -0.587. The smallest absolute Gasteiger partial charge is 0.138 e. The summed E-state index contributed by atoms with van der Waals surface area (Å²) in [5.74, 6) is 0.524. The van der Waals surface area contributed by atoms with Gasteiger partial charge in [0.05, 0.1) is 5.02 Å². The van der Waals surface area contributed by atoms with Crippen molar-refractivity contribution in [3.8, 4) is 5.75 Å². The van der Waals surface area contributed by atoms with Crippen LogP contribution in [0.3, 0.4) is 0 Å². The van der Waals surface area contributed by atoms with Crippen LogP contribution in [0.4, 0.5) is 0 Å². The first-order chi connectivity index (χ1) is 8.28. The summed E-state index contributed by atoms with van der Waals surface area (Å²) in [6.45, 7) is 6.77. The average Bonchev–Trinajstić information content (AvgIpc) is 2.24. The molecule has 0 aliphatic carbocycles. The number of β-amino-alcohol motifs (C(OH)–C–C–N with tert-alkyl or cyclic N) is 1. The fourth-order valence-electron chi connectivity index (χ4n) is 1.26. The molecule has 1 rings (SSSR count). The van der Waals surface area contributed by atoms with Crippen LogP contribution < -0.4 is 10.1 Å². The molecule has 0 aromatic heterocycles. The molecule has 1 aromatic rings. The Morgan fingerprint density at radius 2 is 2.00 bits per heavy atom. The molecular weight excluding hydrogens is 273 g/mol. The zero-order valence-electron chi connectivity index (χ0n) is 10.8. The van der Waals surface area contributed by atoms with Crippen LogP contribution in [0.1, 0.15) is 20.8 Å². The first-order valence-corrected chi connectivity index (χ1v) is 6.54. The molecule has 0 radical (unpaired) electrons. The first kappa shape index (κ1) is 15.6. The molecule has 0 fully saturated rings. The van der Waals surface area contributed by atoms with E-state index in [1.807, 2.05) is 20.8 Å². The number of halogens is 2. The predicted molar refractivity (Wildman–Crippen MR) is 75.7 cm³/mol. The Bertz CT molecular complexity index is 391. The van der Waals surface area contributed by atoms with E-state index in [1.165, 1.54) is 0 Å². The van der Waals surface area contributed by atoms with Crippen LogP contribution in [0.25, 0.3) is 0 Å². The second-order valence-electron chi connectivity index (χ2n) is 5.17. The number of hydrogen-bond acceptors (Lipinski definition) is 3. The van der Waals surface area contributed by atoms with Gasteiger partial charge in [-0.3, -0.25) is 0 Å². The Morgan fingerprint density at radius 1 is 1.33 bits per heavy atom. The van der Waals surface area contributed by atoms with Gasteiger partial charge in [-0.25, -0.2) is 0 Å². The van der Waals surface area contributed by atoms with Crippen molar-refractivity contribution in [3.63, 3.8) is 0 Å². The van der Waals surface area contributed by atoms with Crippen LogP contribution in [0.2, 0.25) is 10.0 Å². The van der Waals surface area contributed by atoms with Gasteiger partial charge in [-0.05, 0) is 39.0 Å². The molecule has 0 heterocycles. The van der Waals surface area contributed by atoms with Gasteiger partial charge in [0.2, 0.25) is 0 Å². The van der Waals surface area contributed by atoms with Gasteiger partial charge in [0, 0.05) is 17.1 Å². The van der Waals surface area contributed by atoms with E-state index in [0.717, 1.165) is 0 Å². The lowest BCUT2D eigenvalue weighted by Crippen LogP contribution is -2.42. The lowest BCUT2D eigenvalue weighted by Gasteiger charge is -2.23. The molecule has 1 aromatic carbocycles. The Balaban J connectivity index is 2.40. The van der Waals surface area contributed by atoms with Crippen LogP contribution >= 0.6 is 23.2 Å². The summed E-state index contributed by atoms with van der Waals surface area (Å²) in [4.78, 5) is 0. The molecule has 1 atom stereocenters. The summed E-state index contributed by atoms with van der Waals surface area (Å²) in [7, 11) is 0. The second kappa shape index (κ2) is 6.62. The maximum Gasteiger partial charge on any atom is 0.138 e. The molecule has 102 valence electrons. The van der Waals surface area contributed by atoms with Gasteiger partial charge < -0.3 is 15.2 Å². The topological polar surface area (TPSA) is 41.5 Å². The molecule has 0 aliphatic heterocycles. The van der Waals surface area contributed by atoms with Crippen LogP contribution in [0.15, 0.2) is 18.2 Å².